The second kappa shape index (κ2) is 8.19. The third kappa shape index (κ3) is 4.02. The molecule has 2 aliphatic rings. The van der Waals surface area contributed by atoms with Crippen LogP contribution in [-0.2, 0) is 4.79 Å². The number of carbonyl (C=O) groups excluding carboxylic acids is 1. The van der Waals surface area contributed by atoms with E-state index in [1.165, 1.54) is 25.0 Å². The van der Waals surface area contributed by atoms with Gasteiger partial charge in [0.25, 0.3) is 0 Å². The molecule has 5 nitrogen and oxygen atoms in total. The van der Waals surface area contributed by atoms with Crippen LogP contribution >= 0.6 is 11.8 Å². The van der Waals surface area contributed by atoms with Gasteiger partial charge in [0.15, 0.2) is 0 Å². The summed E-state index contributed by atoms with van der Waals surface area (Å²) in [7, 11) is 2.01. The molecule has 0 spiro atoms. The van der Waals surface area contributed by atoms with Gasteiger partial charge in [-0.2, -0.15) is 11.8 Å². The minimum atomic E-state index is 0.167. The summed E-state index contributed by atoms with van der Waals surface area (Å²) < 4.78 is 0. The minimum Gasteiger partial charge on any atom is -0.355 e. The molecule has 1 saturated heterocycles. The first-order chi connectivity index (χ1) is 11.7. The number of carbonyl (C=O) groups is 1. The molecule has 6 heteroatoms. The Morgan fingerprint density at radius 3 is 2.75 bits per heavy atom. The molecule has 0 bridgehead atoms. The fourth-order valence-electron chi connectivity index (χ4n) is 3.93. The number of hydrogen-bond acceptors (Lipinski definition) is 5. The molecule has 3 rings (SSSR count). The van der Waals surface area contributed by atoms with Crippen molar-refractivity contribution < 1.29 is 4.79 Å². The van der Waals surface area contributed by atoms with Crippen molar-refractivity contribution in [1.82, 2.24) is 14.9 Å². The van der Waals surface area contributed by atoms with Crippen LogP contribution in [0, 0.1) is 5.92 Å². The number of amides is 1. The third-order valence-corrected chi connectivity index (χ3v) is 6.61. The first kappa shape index (κ1) is 17.5. The van der Waals surface area contributed by atoms with E-state index < -0.39 is 0 Å². The molecule has 1 saturated carbocycles. The summed E-state index contributed by atoms with van der Waals surface area (Å²) in [5.41, 5.74) is 0. The maximum Gasteiger partial charge on any atom is 0.225 e. The van der Waals surface area contributed by atoms with Crippen LogP contribution in [0.15, 0.2) is 18.6 Å². The van der Waals surface area contributed by atoms with Crippen molar-refractivity contribution in [1.29, 1.82) is 0 Å². The van der Waals surface area contributed by atoms with Gasteiger partial charge in [0.1, 0.15) is 5.82 Å². The summed E-state index contributed by atoms with van der Waals surface area (Å²) in [4.78, 5) is 25.7. The molecule has 2 atom stereocenters. The predicted molar refractivity (Wildman–Crippen MR) is 99.3 cm³/mol. The number of piperidine rings is 1. The molecule has 1 aliphatic heterocycles. The molecular formula is C18H28N4OS. The van der Waals surface area contributed by atoms with Crippen LogP contribution in [0.2, 0.25) is 0 Å². The highest BCUT2D eigenvalue weighted by Gasteiger charge is 2.34. The van der Waals surface area contributed by atoms with Crippen LogP contribution in [0.5, 0.6) is 0 Å². The second-order valence-corrected chi connectivity index (χ2v) is 8.40. The molecule has 1 aromatic heterocycles. The van der Waals surface area contributed by atoms with Crippen molar-refractivity contribution in [2.24, 2.45) is 5.92 Å². The fourth-order valence-corrected chi connectivity index (χ4v) is 5.07. The van der Waals surface area contributed by atoms with Crippen LogP contribution in [0.1, 0.15) is 39.0 Å². The lowest BCUT2D eigenvalue weighted by Gasteiger charge is -2.35. The van der Waals surface area contributed by atoms with Gasteiger partial charge in [-0.05, 0) is 37.9 Å². The van der Waals surface area contributed by atoms with Gasteiger partial charge in [-0.15, -0.1) is 0 Å². The lowest BCUT2D eigenvalue weighted by molar-refractivity contribution is -0.136. The van der Waals surface area contributed by atoms with E-state index in [1.807, 2.05) is 18.8 Å². The minimum absolute atomic E-state index is 0.167. The molecule has 0 aromatic carbocycles. The Kier molecular flexibility index (Phi) is 5.98. The van der Waals surface area contributed by atoms with E-state index in [0.29, 0.717) is 11.9 Å². The molecule has 2 fully saturated rings. The molecule has 1 aromatic rings. The SMILES string of the molecule is CCS[C@@H]1CC[C@H](N(C)C(=O)C2CCN(c3cnccn3)CC2)C1. The standard InChI is InChI=1S/C18H28N4OS/c1-3-24-16-5-4-15(12-16)21(2)18(23)14-6-10-22(11-7-14)17-13-19-8-9-20-17/h8-9,13-16H,3-7,10-12H2,1-2H3/t15-,16+/m0/s1. The third-order valence-electron chi connectivity index (χ3n) is 5.37. The van der Waals surface area contributed by atoms with E-state index in [4.69, 9.17) is 0 Å². The normalized spacial score (nSPS) is 25.0. The zero-order chi connectivity index (χ0) is 16.9. The average molecular weight is 349 g/mol. The Balaban J connectivity index is 1.50. The Morgan fingerprint density at radius 2 is 2.08 bits per heavy atom. The fraction of sp³-hybridized carbons (Fsp3) is 0.722. The van der Waals surface area contributed by atoms with Gasteiger partial charge in [-0.1, -0.05) is 6.92 Å². The van der Waals surface area contributed by atoms with Gasteiger partial charge in [0, 0.05) is 49.7 Å². The maximum atomic E-state index is 12.9. The summed E-state index contributed by atoms with van der Waals surface area (Å²) in [6.45, 7) is 4.00. The Hall–Kier alpha value is -1.30. The Morgan fingerprint density at radius 1 is 1.29 bits per heavy atom. The molecule has 0 N–H and O–H groups in total. The topological polar surface area (TPSA) is 49.3 Å². The van der Waals surface area contributed by atoms with Crippen LogP contribution < -0.4 is 4.90 Å². The van der Waals surface area contributed by atoms with E-state index in [1.54, 1.807) is 18.6 Å². The molecule has 132 valence electrons. The lowest BCUT2D eigenvalue weighted by Crippen LogP contribution is -2.44. The summed E-state index contributed by atoms with van der Waals surface area (Å²) >= 11 is 2.05. The summed E-state index contributed by atoms with van der Waals surface area (Å²) in [6, 6.07) is 0.444. The number of hydrogen-bond donors (Lipinski definition) is 0. The average Bonchev–Trinajstić information content (AvgIpc) is 3.10. The first-order valence-electron chi connectivity index (χ1n) is 9.08. The number of anilines is 1. The Bertz CT molecular complexity index is 533. The predicted octanol–water partition coefficient (Wildman–Crippen LogP) is 2.83. The van der Waals surface area contributed by atoms with Crippen molar-refractivity contribution in [3.05, 3.63) is 18.6 Å². The summed E-state index contributed by atoms with van der Waals surface area (Å²) in [5, 5.41) is 0.744. The van der Waals surface area contributed by atoms with Gasteiger partial charge >= 0.3 is 0 Å². The number of thioether (sulfide) groups is 1. The molecule has 0 unspecified atom stereocenters. The largest absolute Gasteiger partial charge is 0.355 e. The van der Waals surface area contributed by atoms with Crippen molar-refractivity contribution in [2.75, 3.05) is 30.8 Å². The van der Waals surface area contributed by atoms with Crippen molar-refractivity contribution in [2.45, 2.75) is 50.3 Å². The number of nitrogens with zero attached hydrogens (tertiary/aromatic N) is 4. The highest BCUT2D eigenvalue weighted by Crippen LogP contribution is 2.33. The van der Waals surface area contributed by atoms with Gasteiger partial charge < -0.3 is 9.80 Å². The smallest absolute Gasteiger partial charge is 0.225 e. The zero-order valence-electron chi connectivity index (χ0n) is 14.7. The van der Waals surface area contributed by atoms with Gasteiger partial charge in [0.2, 0.25) is 5.91 Å². The lowest BCUT2D eigenvalue weighted by atomic mass is 9.94. The second-order valence-electron chi connectivity index (χ2n) is 6.82. The summed E-state index contributed by atoms with van der Waals surface area (Å²) in [6.07, 6.45) is 10.6. The van der Waals surface area contributed by atoms with Crippen molar-refractivity contribution in [3.8, 4) is 0 Å². The van der Waals surface area contributed by atoms with E-state index in [2.05, 4.69) is 26.7 Å². The van der Waals surface area contributed by atoms with Gasteiger partial charge in [-0.25, -0.2) is 4.98 Å². The van der Waals surface area contributed by atoms with Gasteiger partial charge in [-0.3, -0.25) is 9.78 Å². The summed E-state index contributed by atoms with van der Waals surface area (Å²) in [5.74, 6) is 2.62. The quantitative estimate of drug-likeness (QED) is 0.819. The monoisotopic (exact) mass is 348 g/mol. The Labute approximate surface area is 149 Å². The molecule has 24 heavy (non-hydrogen) atoms. The van der Waals surface area contributed by atoms with Crippen LogP contribution in [0.4, 0.5) is 5.82 Å². The van der Waals surface area contributed by atoms with Crippen LogP contribution in [0.3, 0.4) is 0 Å². The molecule has 1 aliphatic carbocycles. The molecule has 1 amide bonds. The number of aromatic nitrogens is 2. The molecule has 2 heterocycles. The van der Waals surface area contributed by atoms with Gasteiger partial charge in [0.05, 0.1) is 6.20 Å². The first-order valence-corrected chi connectivity index (χ1v) is 10.1. The maximum absolute atomic E-state index is 12.9. The molecule has 0 radical (unpaired) electrons. The highest BCUT2D eigenvalue weighted by atomic mass is 32.2. The van der Waals surface area contributed by atoms with Crippen molar-refractivity contribution in [3.63, 3.8) is 0 Å². The highest BCUT2D eigenvalue weighted by molar-refractivity contribution is 7.99. The van der Waals surface area contributed by atoms with Crippen LogP contribution in [0.25, 0.3) is 0 Å². The molecular weight excluding hydrogens is 320 g/mol. The van der Waals surface area contributed by atoms with E-state index in [9.17, 15) is 4.79 Å². The van der Waals surface area contributed by atoms with Crippen LogP contribution in [-0.4, -0.2) is 58.0 Å². The zero-order valence-corrected chi connectivity index (χ0v) is 15.5. The number of rotatable bonds is 5. The van der Waals surface area contributed by atoms with Crippen molar-refractivity contribution >= 4 is 23.5 Å². The van der Waals surface area contributed by atoms with E-state index in [0.717, 1.165) is 37.0 Å². The van der Waals surface area contributed by atoms with E-state index >= 15 is 0 Å². The van der Waals surface area contributed by atoms with E-state index in [-0.39, 0.29) is 5.92 Å².